The van der Waals surface area contributed by atoms with E-state index < -0.39 is 0 Å². The Labute approximate surface area is 111 Å². The minimum atomic E-state index is 0.292. The quantitative estimate of drug-likeness (QED) is 0.815. The van der Waals surface area contributed by atoms with Crippen LogP contribution in [0.5, 0.6) is 0 Å². The summed E-state index contributed by atoms with van der Waals surface area (Å²) in [5.74, 6) is 0. The molecule has 3 nitrogen and oxygen atoms in total. The van der Waals surface area contributed by atoms with Gasteiger partial charge in [-0.25, -0.2) is 0 Å². The van der Waals surface area contributed by atoms with Crippen molar-refractivity contribution in [3.63, 3.8) is 0 Å². The molecule has 18 heavy (non-hydrogen) atoms. The van der Waals surface area contributed by atoms with Crippen LogP contribution < -0.4 is 5.32 Å². The summed E-state index contributed by atoms with van der Waals surface area (Å²) < 4.78 is 6.48. The fourth-order valence-corrected chi connectivity index (χ4v) is 4.00. The predicted octanol–water partition coefficient (Wildman–Crippen LogP) is 2.16. The zero-order valence-electron chi connectivity index (χ0n) is 11.8. The first kappa shape index (κ1) is 12.9. The average Bonchev–Trinajstić information content (AvgIpc) is 2.76. The molecular formula is C15H28N2O. The lowest BCUT2D eigenvalue weighted by Crippen LogP contribution is -2.52. The number of nitrogens with zero attached hydrogens (tertiary/aromatic N) is 1. The molecular weight excluding hydrogens is 224 g/mol. The fourth-order valence-electron chi connectivity index (χ4n) is 4.00. The van der Waals surface area contributed by atoms with Gasteiger partial charge in [-0.2, -0.15) is 0 Å². The van der Waals surface area contributed by atoms with Crippen molar-refractivity contribution in [3.05, 3.63) is 0 Å². The first-order valence-electron chi connectivity index (χ1n) is 7.90. The third-order valence-electron chi connectivity index (χ3n) is 5.18. The van der Waals surface area contributed by atoms with E-state index in [1.54, 1.807) is 0 Å². The monoisotopic (exact) mass is 252 g/mol. The van der Waals surface area contributed by atoms with Crippen molar-refractivity contribution in [3.8, 4) is 0 Å². The van der Waals surface area contributed by atoms with Gasteiger partial charge in [-0.3, -0.25) is 4.90 Å². The standard InChI is InChI=1S/C15H28N2O/c1-13-11-16-9-10-17(13)12-14-5-8-15(18-14)6-3-2-4-7-15/h13-14,16H,2-12H2,1H3/t13-,14?/m0/s1. The topological polar surface area (TPSA) is 24.5 Å². The van der Waals surface area contributed by atoms with Crippen LogP contribution in [0.3, 0.4) is 0 Å². The van der Waals surface area contributed by atoms with Gasteiger partial charge in [0.05, 0.1) is 11.7 Å². The van der Waals surface area contributed by atoms with Crippen LogP contribution in [0.15, 0.2) is 0 Å². The number of ether oxygens (including phenoxy) is 1. The molecule has 3 fully saturated rings. The molecule has 3 heteroatoms. The van der Waals surface area contributed by atoms with Crippen LogP contribution in [0, 0.1) is 0 Å². The molecule has 0 bridgehead atoms. The summed E-state index contributed by atoms with van der Waals surface area (Å²) in [6.45, 7) is 6.95. The molecule has 3 rings (SSSR count). The highest BCUT2D eigenvalue weighted by Gasteiger charge is 2.41. The number of nitrogens with one attached hydrogen (secondary N) is 1. The van der Waals surface area contributed by atoms with E-state index >= 15 is 0 Å². The van der Waals surface area contributed by atoms with E-state index in [-0.39, 0.29) is 0 Å². The van der Waals surface area contributed by atoms with Crippen molar-refractivity contribution in [1.29, 1.82) is 0 Å². The van der Waals surface area contributed by atoms with E-state index in [1.807, 2.05) is 0 Å². The minimum Gasteiger partial charge on any atom is -0.370 e. The Morgan fingerprint density at radius 3 is 2.83 bits per heavy atom. The molecule has 2 heterocycles. The highest BCUT2D eigenvalue weighted by atomic mass is 16.5. The van der Waals surface area contributed by atoms with Crippen molar-refractivity contribution < 1.29 is 4.74 Å². The zero-order valence-corrected chi connectivity index (χ0v) is 11.8. The van der Waals surface area contributed by atoms with Gasteiger partial charge in [-0.15, -0.1) is 0 Å². The van der Waals surface area contributed by atoms with Gasteiger partial charge in [0.15, 0.2) is 0 Å². The molecule has 0 aromatic carbocycles. The SMILES string of the molecule is C[C@H]1CNCCN1CC1CCC2(CCCCC2)O1. The Bertz CT molecular complexity index is 276. The molecule has 0 radical (unpaired) electrons. The Morgan fingerprint density at radius 1 is 1.22 bits per heavy atom. The molecule has 3 aliphatic rings. The van der Waals surface area contributed by atoms with E-state index in [1.165, 1.54) is 51.5 Å². The fraction of sp³-hybridized carbons (Fsp3) is 1.00. The van der Waals surface area contributed by atoms with Gasteiger partial charge >= 0.3 is 0 Å². The van der Waals surface area contributed by atoms with E-state index in [9.17, 15) is 0 Å². The molecule has 1 saturated carbocycles. The molecule has 2 aliphatic heterocycles. The van der Waals surface area contributed by atoms with Crippen LogP contribution in [0.1, 0.15) is 51.9 Å². The Kier molecular flexibility index (Phi) is 3.92. The van der Waals surface area contributed by atoms with Crippen LogP contribution in [0.2, 0.25) is 0 Å². The van der Waals surface area contributed by atoms with Gasteiger partial charge in [-0.05, 0) is 32.6 Å². The van der Waals surface area contributed by atoms with Crippen molar-refractivity contribution in [2.24, 2.45) is 0 Å². The van der Waals surface area contributed by atoms with Gasteiger partial charge in [-0.1, -0.05) is 19.3 Å². The molecule has 104 valence electrons. The van der Waals surface area contributed by atoms with Gasteiger partial charge in [0, 0.05) is 32.2 Å². The Balaban J connectivity index is 1.52. The van der Waals surface area contributed by atoms with Crippen LogP contribution >= 0.6 is 0 Å². The number of hydrogen-bond donors (Lipinski definition) is 1. The van der Waals surface area contributed by atoms with E-state index in [2.05, 4.69) is 17.1 Å². The predicted molar refractivity (Wildman–Crippen MR) is 73.8 cm³/mol. The van der Waals surface area contributed by atoms with Crippen LogP contribution in [0.4, 0.5) is 0 Å². The van der Waals surface area contributed by atoms with Gasteiger partial charge in [0.2, 0.25) is 0 Å². The lowest BCUT2D eigenvalue weighted by Gasteiger charge is -2.37. The summed E-state index contributed by atoms with van der Waals surface area (Å²) in [6, 6.07) is 0.672. The van der Waals surface area contributed by atoms with E-state index in [0.717, 1.165) is 19.6 Å². The third kappa shape index (κ3) is 2.73. The second-order valence-corrected chi connectivity index (χ2v) is 6.57. The molecule has 1 aliphatic carbocycles. The first-order chi connectivity index (χ1) is 8.77. The molecule has 0 aromatic rings. The maximum atomic E-state index is 6.48. The van der Waals surface area contributed by atoms with Crippen LogP contribution in [-0.4, -0.2) is 48.8 Å². The summed E-state index contributed by atoms with van der Waals surface area (Å²) in [6.07, 6.45) is 9.94. The van der Waals surface area contributed by atoms with Gasteiger partial charge in [0.1, 0.15) is 0 Å². The normalized spacial score (nSPS) is 37.2. The molecule has 0 aromatic heterocycles. The average molecular weight is 252 g/mol. The lowest BCUT2D eigenvalue weighted by atomic mass is 9.83. The zero-order chi connectivity index (χ0) is 12.4. The molecule has 1 N–H and O–H groups in total. The van der Waals surface area contributed by atoms with Crippen molar-refractivity contribution in [2.75, 3.05) is 26.2 Å². The molecule has 1 unspecified atom stereocenters. The number of rotatable bonds is 2. The van der Waals surface area contributed by atoms with Gasteiger partial charge in [0.25, 0.3) is 0 Å². The van der Waals surface area contributed by atoms with E-state index in [4.69, 9.17) is 4.74 Å². The summed E-state index contributed by atoms with van der Waals surface area (Å²) in [7, 11) is 0. The highest BCUT2D eigenvalue weighted by molar-refractivity contribution is 4.92. The minimum absolute atomic E-state index is 0.292. The maximum absolute atomic E-state index is 6.48. The first-order valence-corrected chi connectivity index (χ1v) is 7.90. The van der Waals surface area contributed by atoms with Crippen LogP contribution in [-0.2, 0) is 4.74 Å². The Morgan fingerprint density at radius 2 is 2.06 bits per heavy atom. The second kappa shape index (κ2) is 5.48. The van der Waals surface area contributed by atoms with E-state index in [0.29, 0.717) is 17.7 Å². The highest BCUT2D eigenvalue weighted by Crippen LogP contribution is 2.42. The summed E-state index contributed by atoms with van der Waals surface area (Å²) in [5.41, 5.74) is 0.292. The summed E-state index contributed by atoms with van der Waals surface area (Å²) >= 11 is 0. The van der Waals surface area contributed by atoms with Crippen molar-refractivity contribution in [1.82, 2.24) is 10.2 Å². The molecule has 2 atom stereocenters. The number of hydrogen-bond acceptors (Lipinski definition) is 3. The summed E-state index contributed by atoms with van der Waals surface area (Å²) in [5, 5.41) is 3.46. The summed E-state index contributed by atoms with van der Waals surface area (Å²) in [4.78, 5) is 2.61. The van der Waals surface area contributed by atoms with Crippen LogP contribution in [0.25, 0.3) is 0 Å². The van der Waals surface area contributed by atoms with Crippen molar-refractivity contribution in [2.45, 2.75) is 69.6 Å². The van der Waals surface area contributed by atoms with Crippen molar-refractivity contribution >= 4 is 0 Å². The third-order valence-corrected chi connectivity index (χ3v) is 5.18. The largest absolute Gasteiger partial charge is 0.370 e. The molecule has 2 saturated heterocycles. The Hall–Kier alpha value is -0.120. The molecule has 0 amide bonds. The smallest absolute Gasteiger partial charge is 0.0710 e. The molecule has 1 spiro atoms. The number of piperazine rings is 1. The maximum Gasteiger partial charge on any atom is 0.0710 e. The lowest BCUT2D eigenvalue weighted by molar-refractivity contribution is -0.0753. The second-order valence-electron chi connectivity index (χ2n) is 6.57. The van der Waals surface area contributed by atoms with Gasteiger partial charge < -0.3 is 10.1 Å².